The van der Waals surface area contributed by atoms with Gasteiger partial charge in [0.15, 0.2) is 0 Å². The number of anilines is 1. The topological polar surface area (TPSA) is 96.9 Å². The molecule has 0 aliphatic heterocycles. The van der Waals surface area contributed by atoms with Gasteiger partial charge in [0.2, 0.25) is 0 Å². The lowest BCUT2D eigenvalue weighted by Gasteiger charge is -2.14. The molecule has 0 saturated carbocycles. The second-order valence-corrected chi connectivity index (χ2v) is 6.50. The van der Waals surface area contributed by atoms with E-state index in [9.17, 15) is 9.59 Å². The molecule has 2 rings (SSSR count). The molecule has 0 aliphatic rings. The van der Waals surface area contributed by atoms with Crippen LogP contribution in [0.15, 0.2) is 12.4 Å². The lowest BCUT2D eigenvalue weighted by Crippen LogP contribution is -2.35. The molecule has 146 valence electrons. The van der Waals surface area contributed by atoms with E-state index in [0.717, 1.165) is 0 Å². The van der Waals surface area contributed by atoms with Crippen molar-refractivity contribution in [2.45, 2.75) is 40.5 Å². The first-order chi connectivity index (χ1) is 12.7. The average Bonchev–Trinajstić information content (AvgIpc) is 2.61. The molecule has 3 amide bonds. The Bertz CT molecular complexity index is 844. The van der Waals surface area contributed by atoms with Crippen molar-refractivity contribution in [1.29, 1.82) is 0 Å². The molecule has 2 heterocycles. The third-order valence-corrected chi connectivity index (χ3v) is 4.17. The maximum Gasteiger partial charge on any atom is 0.326 e. The van der Waals surface area contributed by atoms with Crippen molar-refractivity contribution in [1.82, 2.24) is 20.3 Å². The zero-order valence-corrected chi connectivity index (χ0v) is 17.8. The Hall–Kier alpha value is -1.96. The molecule has 0 spiro atoms. The fraction of sp³-hybridized carbons (Fsp3) is 0.353. The maximum absolute atomic E-state index is 12.2. The predicted octanol–water partition coefficient (Wildman–Crippen LogP) is 5.25. The van der Waals surface area contributed by atoms with Crippen molar-refractivity contribution in [3.63, 3.8) is 0 Å². The van der Waals surface area contributed by atoms with Crippen LogP contribution in [0.25, 0.3) is 0 Å². The van der Waals surface area contributed by atoms with Crippen LogP contribution in [0.1, 0.15) is 55.4 Å². The van der Waals surface area contributed by atoms with Crippen LogP contribution in [0.5, 0.6) is 0 Å². The zero-order valence-electron chi connectivity index (χ0n) is 15.5. The average molecular weight is 433 g/mol. The van der Waals surface area contributed by atoms with Gasteiger partial charge in [-0.1, -0.05) is 62.5 Å². The Morgan fingerprint density at radius 1 is 1.07 bits per heavy atom. The zero-order chi connectivity index (χ0) is 20.7. The van der Waals surface area contributed by atoms with E-state index in [1.54, 1.807) is 6.92 Å². The van der Waals surface area contributed by atoms with E-state index in [2.05, 4.69) is 25.6 Å². The highest BCUT2D eigenvalue weighted by Crippen LogP contribution is 2.26. The SMILES string of the molecule is CC.Cc1ncnc(C(C)C)c1NC(=O)NC(=O)c1cc(Cl)c(Cl)nc1Cl. The number of rotatable bonds is 3. The highest BCUT2D eigenvalue weighted by molar-refractivity contribution is 6.42. The Balaban J connectivity index is 0.00000176. The minimum atomic E-state index is -0.769. The van der Waals surface area contributed by atoms with Gasteiger partial charge >= 0.3 is 6.03 Å². The van der Waals surface area contributed by atoms with Crippen LogP contribution in [0.3, 0.4) is 0 Å². The van der Waals surface area contributed by atoms with Gasteiger partial charge in [-0.3, -0.25) is 10.1 Å². The number of amides is 3. The van der Waals surface area contributed by atoms with Crippen molar-refractivity contribution in [3.05, 3.63) is 44.7 Å². The summed E-state index contributed by atoms with van der Waals surface area (Å²) < 4.78 is 0. The first kappa shape index (κ1) is 23.1. The second-order valence-electron chi connectivity index (χ2n) is 5.38. The fourth-order valence-electron chi connectivity index (χ4n) is 2.00. The highest BCUT2D eigenvalue weighted by atomic mass is 35.5. The summed E-state index contributed by atoms with van der Waals surface area (Å²) >= 11 is 17.4. The highest BCUT2D eigenvalue weighted by Gasteiger charge is 2.19. The molecule has 2 N–H and O–H groups in total. The van der Waals surface area contributed by atoms with Gasteiger partial charge in [0, 0.05) is 0 Å². The number of aromatic nitrogens is 3. The van der Waals surface area contributed by atoms with E-state index >= 15 is 0 Å². The second kappa shape index (κ2) is 10.4. The van der Waals surface area contributed by atoms with Crippen LogP contribution in [0.4, 0.5) is 10.5 Å². The van der Waals surface area contributed by atoms with Crippen LogP contribution in [0.2, 0.25) is 15.3 Å². The van der Waals surface area contributed by atoms with Gasteiger partial charge in [0.05, 0.1) is 27.7 Å². The minimum absolute atomic E-state index is 0.0358. The molecule has 0 unspecified atom stereocenters. The first-order valence-corrected chi connectivity index (χ1v) is 9.29. The Labute approximate surface area is 172 Å². The summed E-state index contributed by atoms with van der Waals surface area (Å²) in [6.45, 7) is 9.58. The summed E-state index contributed by atoms with van der Waals surface area (Å²) in [4.78, 5) is 36.3. The number of urea groups is 1. The summed E-state index contributed by atoms with van der Waals surface area (Å²) in [6, 6.07) is 0.477. The summed E-state index contributed by atoms with van der Waals surface area (Å²) in [5.41, 5.74) is 1.61. The van der Waals surface area contributed by atoms with Gasteiger partial charge in [0.25, 0.3) is 5.91 Å². The molecule has 2 aromatic rings. The molecular weight excluding hydrogens is 413 g/mol. The minimum Gasteiger partial charge on any atom is -0.304 e. The number of imide groups is 1. The quantitative estimate of drug-likeness (QED) is 0.645. The van der Waals surface area contributed by atoms with Crippen molar-refractivity contribution in [2.24, 2.45) is 0 Å². The van der Waals surface area contributed by atoms with Crippen molar-refractivity contribution in [3.8, 4) is 0 Å². The van der Waals surface area contributed by atoms with Gasteiger partial charge in [-0.25, -0.2) is 19.7 Å². The Morgan fingerprint density at radius 3 is 2.30 bits per heavy atom. The molecule has 0 atom stereocenters. The van der Waals surface area contributed by atoms with Crippen molar-refractivity contribution < 1.29 is 9.59 Å². The van der Waals surface area contributed by atoms with Crippen LogP contribution in [-0.4, -0.2) is 26.9 Å². The molecule has 0 fully saturated rings. The third kappa shape index (κ3) is 6.02. The first-order valence-electron chi connectivity index (χ1n) is 8.16. The molecule has 0 aliphatic carbocycles. The third-order valence-electron chi connectivity index (χ3n) is 3.21. The van der Waals surface area contributed by atoms with Crippen molar-refractivity contribution in [2.75, 3.05) is 5.32 Å². The number of nitrogens with zero attached hydrogens (tertiary/aromatic N) is 3. The van der Waals surface area contributed by atoms with Crippen molar-refractivity contribution >= 4 is 52.4 Å². The predicted molar refractivity (Wildman–Crippen MR) is 108 cm³/mol. The number of carbonyl (C=O) groups is 2. The van der Waals surface area contributed by atoms with Gasteiger partial charge in [-0.15, -0.1) is 0 Å². The smallest absolute Gasteiger partial charge is 0.304 e. The van der Waals surface area contributed by atoms with Gasteiger partial charge in [-0.05, 0) is 18.9 Å². The monoisotopic (exact) mass is 431 g/mol. The number of hydrogen-bond acceptors (Lipinski definition) is 5. The van der Waals surface area contributed by atoms with Gasteiger partial charge < -0.3 is 5.32 Å². The number of halogens is 3. The molecule has 10 heteroatoms. The summed E-state index contributed by atoms with van der Waals surface area (Å²) in [5.74, 6) is -0.712. The molecule has 7 nitrogen and oxygen atoms in total. The number of nitrogens with one attached hydrogen (secondary N) is 2. The summed E-state index contributed by atoms with van der Waals surface area (Å²) in [6.07, 6.45) is 1.42. The number of pyridine rings is 1. The van der Waals surface area contributed by atoms with Crippen LogP contribution < -0.4 is 10.6 Å². The number of aryl methyl sites for hydroxylation is 1. The van der Waals surface area contributed by atoms with E-state index in [4.69, 9.17) is 34.8 Å². The van der Waals surface area contributed by atoms with Crippen LogP contribution in [0, 0.1) is 6.92 Å². The van der Waals surface area contributed by atoms with Crippen LogP contribution >= 0.6 is 34.8 Å². The van der Waals surface area contributed by atoms with E-state index in [1.165, 1.54) is 12.4 Å². The van der Waals surface area contributed by atoms with E-state index in [-0.39, 0.29) is 26.8 Å². The van der Waals surface area contributed by atoms with Gasteiger partial charge in [0.1, 0.15) is 16.6 Å². The Kier molecular flexibility index (Phi) is 8.88. The standard InChI is InChI=1S/C15H14Cl3N5O2.C2H6/c1-6(2)10-11(7(3)19-5-20-10)21-15(25)23-14(24)8-4-9(16)13(18)22-12(8)17;1-2/h4-6H,1-3H3,(H2,21,23,24,25);1-2H3. The normalized spacial score (nSPS) is 10.1. The molecule has 0 bridgehead atoms. The van der Waals surface area contributed by atoms with Crippen LogP contribution in [-0.2, 0) is 0 Å². The fourth-order valence-corrected chi connectivity index (χ4v) is 2.56. The number of hydrogen-bond donors (Lipinski definition) is 2. The Morgan fingerprint density at radius 2 is 1.70 bits per heavy atom. The maximum atomic E-state index is 12.2. The summed E-state index contributed by atoms with van der Waals surface area (Å²) in [7, 11) is 0. The lowest BCUT2D eigenvalue weighted by atomic mass is 10.1. The summed E-state index contributed by atoms with van der Waals surface area (Å²) in [5, 5.41) is 4.59. The molecule has 0 saturated heterocycles. The molecule has 27 heavy (non-hydrogen) atoms. The van der Waals surface area contributed by atoms with E-state index < -0.39 is 11.9 Å². The molecular formula is C17H20Cl3N5O2. The van der Waals surface area contributed by atoms with Gasteiger partial charge in [-0.2, -0.15) is 0 Å². The van der Waals surface area contributed by atoms with E-state index in [0.29, 0.717) is 17.1 Å². The largest absolute Gasteiger partial charge is 0.326 e. The lowest BCUT2D eigenvalue weighted by molar-refractivity contribution is 0.0967. The molecule has 0 radical (unpaired) electrons. The number of carbonyl (C=O) groups excluding carboxylic acids is 2. The molecule has 0 aromatic carbocycles. The van der Waals surface area contributed by atoms with E-state index in [1.807, 2.05) is 27.7 Å². The molecule has 2 aromatic heterocycles.